The molecule has 0 aromatic carbocycles. The molecule has 0 saturated carbocycles. The minimum atomic E-state index is 0.196. The molecule has 0 rings (SSSR count). The lowest BCUT2D eigenvalue weighted by atomic mass is 10.1. The van der Waals surface area contributed by atoms with Crippen molar-refractivity contribution in [2.45, 2.75) is 60.3 Å². The van der Waals surface area contributed by atoms with E-state index < -0.39 is 0 Å². The first-order chi connectivity index (χ1) is 6.66. The highest BCUT2D eigenvalue weighted by Crippen LogP contribution is 2.07. The number of hydrogen-bond donors (Lipinski definition) is 1. The fraction of sp³-hybridized carbons (Fsp3) is 0.917. The van der Waals surface area contributed by atoms with Crippen molar-refractivity contribution in [1.29, 1.82) is 0 Å². The normalized spacial score (nSPS) is 9.29. The second-order valence-electron chi connectivity index (χ2n) is 3.59. The quantitative estimate of drug-likeness (QED) is 0.656. The van der Waals surface area contributed by atoms with Gasteiger partial charge in [0.05, 0.1) is 0 Å². The molecule has 0 aliphatic rings. The average Bonchev–Trinajstić information content (AvgIpc) is 2.16. The van der Waals surface area contributed by atoms with Gasteiger partial charge >= 0.3 is 0 Å². The first-order valence-corrected chi connectivity index (χ1v) is 5.93. The molecule has 0 saturated heterocycles. The second-order valence-corrected chi connectivity index (χ2v) is 3.59. The molecular weight excluding hydrogens is 174 g/mol. The lowest BCUT2D eigenvalue weighted by molar-refractivity contribution is -0.121. The number of hydrogen-bond acceptors (Lipinski definition) is 1. The predicted molar refractivity (Wildman–Crippen MR) is 63.3 cm³/mol. The molecule has 86 valence electrons. The van der Waals surface area contributed by atoms with Gasteiger partial charge in [0.1, 0.15) is 0 Å². The summed E-state index contributed by atoms with van der Waals surface area (Å²) in [6.45, 7) is 11.1. The molecule has 2 heteroatoms. The van der Waals surface area contributed by atoms with E-state index in [1.54, 1.807) is 0 Å². The maximum atomic E-state index is 11.0. The van der Waals surface area contributed by atoms with Crippen molar-refractivity contribution in [2.75, 3.05) is 6.54 Å². The highest BCUT2D eigenvalue weighted by molar-refractivity contribution is 5.75. The van der Waals surface area contributed by atoms with Crippen LogP contribution in [-0.4, -0.2) is 12.5 Å². The zero-order chi connectivity index (χ0) is 11.4. The summed E-state index contributed by atoms with van der Waals surface area (Å²) in [6, 6.07) is 0. The topological polar surface area (TPSA) is 29.1 Å². The predicted octanol–water partition coefficient (Wildman–Crippen LogP) is 3.37. The molecule has 2 nitrogen and oxygen atoms in total. The summed E-state index contributed by atoms with van der Waals surface area (Å²) in [7, 11) is 0. The van der Waals surface area contributed by atoms with Crippen molar-refractivity contribution >= 4 is 5.91 Å². The van der Waals surface area contributed by atoms with Gasteiger partial charge in [-0.2, -0.15) is 0 Å². The summed E-state index contributed by atoms with van der Waals surface area (Å²) in [6.07, 6.45) is 4.14. The molecule has 1 N–H and O–H groups in total. The van der Waals surface area contributed by atoms with Crippen molar-refractivity contribution in [2.24, 2.45) is 5.92 Å². The van der Waals surface area contributed by atoms with Gasteiger partial charge in [0, 0.05) is 13.0 Å². The van der Waals surface area contributed by atoms with E-state index in [4.69, 9.17) is 0 Å². The molecule has 0 radical (unpaired) electrons. The van der Waals surface area contributed by atoms with E-state index in [0.717, 1.165) is 18.9 Å². The van der Waals surface area contributed by atoms with Gasteiger partial charge < -0.3 is 5.32 Å². The van der Waals surface area contributed by atoms with Gasteiger partial charge in [-0.15, -0.1) is 0 Å². The molecule has 0 unspecified atom stereocenters. The Morgan fingerprint density at radius 3 is 2.21 bits per heavy atom. The Morgan fingerprint density at radius 2 is 1.79 bits per heavy atom. The second kappa shape index (κ2) is 12.5. The fourth-order valence-electron chi connectivity index (χ4n) is 1.12. The Labute approximate surface area is 89.5 Å². The Kier molecular flexibility index (Phi) is 14.2. The minimum Gasteiger partial charge on any atom is -0.356 e. The Bertz CT molecular complexity index is 121. The lowest BCUT2D eigenvalue weighted by Crippen LogP contribution is -2.22. The summed E-state index contributed by atoms with van der Waals surface area (Å²) >= 11 is 0. The maximum Gasteiger partial charge on any atom is 0.219 e. The summed E-state index contributed by atoms with van der Waals surface area (Å²) in [5.74, 6) is 0.959. The number of carbonyl (C=O) groups is 1. The average molecular weight is 201 g/mol. The van der Waals surface area contributed by atoms with Gasteiger partial charge in [-0.3, -0.25) is 4.79 Å². The van der Waals surface area contributed by atoms with E-state index in [1.807, 2.05) is 20.8 Å². The largest absolute Gasteiger partial charge is 0.356 e. The van der Waals surface area contributed by atoms with Crippen LogP contribution in [0.2, 0.25) is 0 Å². The van der Waals surface area contributed by atoms with Gasteiger partial charge in [-0.25, -0.2) is 0 Å². The van der Waals surface area contributed by atoms with Crippen LogP contribution in [0.5, 0.6) is 0 Å². The molecule has 0 aromatic rings. The molecule has 0 bridgehead atoms. The van der Waals surface area contributed by atoms with Crippen LogP contribution in [-0.2, 0) is 4.79 Å². The molecule has 1 amide bonds. The van der Waals surface area contributed by atoms with Gasteiger partial charge in [-0.1, -0.05) is 40.5 Å². The molecule has 14 heavy (non-hydrogen) atoms. The number of amides is 1. The van der Waals surface area contributed by atoms with Crippen LogP contribution < -0.4 is 5.32 Å². The van der Waals surface area contributed by atoms with Crippen LogP contribution in [0.3, 0.4) is 0 Å². The number of nitrogens with one attached hydrogen (secondary N) is 1. The summed E-state index contributed by atoms with van der Waals surface area (Å²) in [5.41, 5.74) is 0. The van der Waals surface area contributed by atoms with Crippen LogP contribution in [0.1, 0.15) is 60.3 Å². The Hall–Kier alpha value is -0.530. The highest BCUT2D eigenvalue weighted by atomic mass is 16.1. The van der Waals surface area contributed by atoms with Crippen LogP contribution in [0.4, 0.5) is 0 Å². The van der Waals surface area contributed by atoms with Crippen LogP contribution in [0, 0.1) is 5.92 Å². The van der Waals surface area contributed by atoms with Crippen molar-refractivity contribution in [3.63, 3.8) is 0 Å². The Balaban J connectivity index is 0. The highest BCUT2D eigenvalue weighted by Gasteiger charge is 1.99. The SMILES string of the molecule is CC.CCNC(=O)CCCCC(C)C. The molecule has 0 aliphatic carbocycles. The smallest absolute Gasteiger partial charge is 0.219 e. The van der Waals surface area contributed by atoms with E-state index >= 15 is 0 Å². The third kappa shape index (κ3) is 14.0. The first kappa shape index (κ1) is 15.9. The zero-order valence-corrected chi connectivity index (χ0v) is 10.5. The van der Waals surface area contributed by atoms with Crippen LogP contribution >= 0.6 is 0 Å². The summed E-state index contributed by atoms with van der Waals surface area (Å²) in [5, 5.41) is 2.79. The van der Waals surface area contributed by atoms with Gasteiger partial charge in [0.2, 0.25) is 5.91 Å². The van der Waals surface area contributed by atoms with Crippen molar-refractivity contribution < 1.29 is 4.79 Å². The minimum absolute atomic E-state index is 0.196. The van der Waals surface area contributed by atoms with Gasteiger partial charge in [0.25, 0.3) is 0 Å². The monoisotopic (exact) mass is 201 g/mol. The molecule has 0 fully saturated rings. The summed E-state index contributed by atoms with van der Waals surface area (Å²) in [4.78, 5) is 11.0. The van der Waals surface area contributed by atoms with Crippen molar-refractivity contribution in [1.82, 2.24) is 5.32 Å². The summed E-state index contributed by atoms with van der Waals surface area (Å²) < 4.78 is 0. The van der Waals surface area contributed by atoms with E-state index in [1.165, 1.54) is 12.8 Å². The number of unbranched alkanes of at least 4 members (excludes halogenated alkanes) is 1. The maximum absolute atomic E-state index is 11.0. The standard InChI is InChI=1S/C10H21NO.C2H6/c1-4-11-10(12)8-6-5-7-9(2)3;1-2/h9H,4-8H2,1-3H3,(H,11,12);1-2H3. The molecule has 0 atom stereocenters. The van der Waals surface area contributed by atoms with Crippen molar-refractivity contribution in [3.05, 3.63) is 0 Å². The van der Waals surface area contributed by atoms with Crippen LogP contribution in [0.25, 0.3) is 0 Å². The van der Waals surface area contributed by atoms with E-state index in [9.17, 15) is 4.79 Å². The Morgan fingerprint density at radius 1 is 1.21 bits per heavy atom. The molecule has 0 aromatic heterocycles. The lowest BCUT2D eigenvalue weighted by Gasteiger charge is -2.04. The van der Waals surface area contributed by atoms with Crippen LogP contribution in [0.15, 0.2) is 0 Å². The fourth-order valence-corrected chi connectivity index (χ4v) is 1.12. The van der Waals surface area contributed by atoms with E-state index in [2.05, 4.69) is 19.2 Å². The first-order valence-electron chi connectivity index (χ1n) is 5.93. The van der Waals surface area contributed by atoms with E-state index in [-0.39, 0.29) is 5.91 Å². The van der Waals surface area contributed by atoms with Gasteiger partial charge in [0.15, 0.2) is 0 Å². The van der Waals surface area contributed by atoms with Crippen molar-refractivity contribution in [3.8, 4) is 0 Å². The molecule has 0 aliphatic heterocycles. The molecule has 0 heterocycles. The van der Waals surface area contributed by atoms with E-state index in [0.29, 0.717) is 6.42 Å². The third-order valence-corrected chi connectivity index (χ3v) is 1.81. The molecular formula is C12H27NO. The number of carbonyl (C=O) groups excluding carboxylic acids is 1. The number of rotatable bonds is 6. The third-order valence-electron chi connectivity index (χ3n) is 1.81. The zero-order valence-electron chi connectivity index (χ0n) is 10.5. The molecule has 0 spiro atoms. The van der Waals surface area contributed by atoms with Gasteiger partial charge in [-0.05, 0) is 19.3 Å².